The van der Waals surface area contributed by atoms with Crippen molar-refractivity contribution in [3.05, 3.63) is 54.5 Å². The van der Waals surface area contributed by atoms with Crippen molar-refractivity contribution in [1.29, 1.82) is 0 Å². The highest BCUT2D eigenvalue weighted by molar-refractivity contribution is 5.47. The lowest BCUT2D eigenvalue weighted by atomic mass is 10.2. The molecule has 2 aliphatic heterocycles. The number of rotatable bonds is 5. The van der Waals surface area contributed by atoms with Gasteiger partial charge in [0.05, 0.1) is 0 Å². The van der Waals surface area contributed by atoms with Gasteiger partial charge in [0.25, 0.3) is 0 Å². The zero-order valence-electron chi connectivity index (χ0n) is 15.9. The van der Waals surface area contributed by atoms with Crippen LogP contribution in [0.25, 0.3) is 0 Å². The standard InChI is InChI=1S/C20H21N7O2/c1-5-22-20(23-6-1)27-10-8-26(9-11-27)18-4-7-21-19(25-18)24-13-15-2-3-16-17(12-15)29-14-28-16/h1-7,12H,8-11,13-14H2,(H,21,24,25). The van der Waals surface area contributed by atoms with Crippen LogP contribution in [0.15, 0.2) is 48.9 Å². The zero-order valence-corrected chi connectivity index (χ0v) is 15.9. The minimum Gasteiger partial charge on any atom is -0.454 e. The molecule has 0 amide bonds. The van der Waals surface area contributed by atoms with E-state index in [1.807, 2.05) is 30.3 Å². The lowest BCUT2D eigenvalue weighted by Gasteiger charge is -2.35. The zero-order chi connectivity index (χ0) is 19.5. The number of hydrogen-bond acceptors (Lipinski definition) is 9. The van der Waals surface area contributed by atoms with Crippen molar-refractivity contribution < 1.29 is 9.47 Å². The van der Waals surface area contributed by atoms with Crippen LogP contribution >= 0.6 is 0 Å². The molecule has 0 unspecified atom stereocenters. The molecule has 5 rings (SSSR count). The number of fused-ring (bicyclic) bond motifs is 1. The number of ether oxygens (including phenoxy) is 2. The van der Waals surface area contributed by atoms with E-state index in [4.69, 9.17) is 9.47 Å². The van der Waals surface area contributed by atoms with Crippen LogP contribution in [0, 0.1) is 0 Å². The SMILES string of the molecule is c1cnc(N2CCN(c3ccnc(NCc4ccc5c(c4)OCO5)n3)CC2)nc1. The molecule has 29 heavy (non-hydrogen) atoms. The first-order valence-electron chi connectivity index (χ1n) is 9.57. The summed E-state index contributed by atoms with van der Waals surface area (Å²) in [5.41, 5.74) is 1.08. The van der Waals surface area contributed by atoms with Crippen molar-refractivity contribution in [3.63, 3.8) is 0 Å². The number of piperazine rings is 1. The quantitative estimate of drug-likeness (QED) is 0.701. The predicted octanol–water partition coefficient (Wildman–Crippen LogP) is 1.93. The summed E-state index contributed by atoms with van der Waals surface area (Å²) in [5, 5.41) is 3.29. The normalized spacial score (nSPS) is 15.4. The Morgan fingerprint density at radius 2 is 1.66 bits per heavy atom. The molecule has 0 bridgehead atoms. The number of hydrogen-bond donors (Lipinski definition) is 1. The fourth-order valence-electron chi connectivity index (χ4n) is 3.43. The second kappa shape index (κ2) is 7.78. The van der Waals surface area contributed by atoms with Gasteiger partial charge >= 0.3 is 0 Å². The maximum Gasteiger partial charge on any atom is 0.231 e. The molecule has 3 aromatic rings. The first kappa shape index (κ1) is 17.5. The second-order valence-corrected chi connectivity index (χ2v) is 6.80. The molecule has 1 N–H and O–H groups in total. The molecule has 0 radical (unpaired) electrons. The molecule has 2 aliphatic rings. The van der Waals surface area contributed by atoms with Crippen molar-refractivity contribution in [2.24, 2.45) is 0 Å². The Balaban J connectivity index is 1.20. The van der Waals surface area contributed by atoms with Crippen LogP contribution in [-0.4, -0.2) is 52.9 Å². The summed E-state index contributed by atoms with van der Waals surface area (Å²) in [6.07, 6.45) is 5.34. The van der Waals surface area contributed by atoms with Gasteiger partial charge in [0.1, 0.15) is 5.82 Å². The van der Waals surface area contributed by atoms with Gasteiger partial charge in [-0.2, -0.15) is 4.98 Å². The van der Waals surface area contributed by atoms with Crippen LogP contribution in [0.1, 0.15) is 5.56 Å². The van der Waals surface area contributed by atoms with E-state index in [9.17, 15) is 0 Å². The molecule has 148 valence electrons. The fraction of sp³-hybridized carbons (Fsp3) is 0.300. The van der Waals surface area contributed by atoms with Crippen molar-refractivity contribution in [1.82, 2.24) is 19.9 Å². The lowest BCUT2D eigenvalue weighted by Crippen LogP contribution is -2.47. The van der Waals surface area contributed by atoms with Gasteiger partial charge in [0, 0.05) is 51.3 Å². The predicted molar refractivity (Wildman–Crippen MR) is 108 cm³/mol. The Bertz CT molecular complexity index is 978. The van der Waals surface area contributed by atoms with E-state index in [-0.39, 0.29) is 6.79 Å². The van der Waals surface area contributed by atoms with Gasteiger partial charge < -0.3 is 24.6 Å². The summed E-state index contributed by atoms with van der Waals surface area (Å²) in [4.78, 5) is 22.1. The van der Waals surface area contributed by atoms with E-state index in [1.54, 1.807) is 18.6 Å². The molecule has 1 saturated heterocycles. The number of anilines is 3. The third-order valence-corrected chi connectivity index (χ3v) is 4.97. The smallest absolute Gasteiger partial charge is 0.231 e. The van der Waals surface area contributed by atoms with Crippen molar-refractivity contribution in [3.8, 4) is 11.5 Å². The summed E-state index contributed by atoms with van der Waals surface area (Å²) >= 11 is 0. The van der Waals surface area contributed by atoms with E-state index in [0.29, 0.717) is 12.5 Å². The maximum atomic E-state index is 5.43. The molecule has 9 nitrogen and oxygen atoms in total. The number of nitrogens with one attached hydrogen (secondary N) is 1. The Labute approximate surface area is 168 Å². The molecular weight excluding hydrogens is 370 g/mol. The van der Waals surface area contributed by atoms with Gasteiger partial charge in [-0.25, -0.2) is 15.0 Å². The second-order valence-electron chi connectivity index (χ2n) is 6.80. The topological polar surface area (TPSA) is 88.5 Å². The molecule has 0 atom stereocenters. The van der Waals surface area contributed by atoms with Crippen LogP contribution < -0.4 is 24.6 Å². The van der Waals surface area contributed by atoms with Gasteiger partial charge in [0.15, 0.2) is 11.5 Å². The van der Waals surface area contributed by atoms with Crippen LogP contribution in [-0.2, 0) is 6.54 Å². The molecule has 1 fully saturated rings. The van der Waals surface area contributed by atoms with Gasteiger partial charge in [0.2, 0.25) is 18.7 Å². The van der Waals surface area contributed by atoms with E-state index in [0.717, 1.165) is 55.0 Å². The third kappa shape index (κ3) is 3.84. The van der Waals surface area contributed by atoms with Crippen LogP contribution in [0.2, 0.25) is 0 Å². The minimum absolute atomic E-state index is 0.279. The summed E-state index contributed by atoms with van der Waals surface area (Å²) in [7, 11) is 0. The summed E-state index contributed by atoms with van der Waals surface area (Å²) < 4.78 is 10.8. The largest absolute Gasteiger partial charge is 0.454 e. The Morgan fingerprint density at radius 1 is 0.862 bits per heavy atom. The number of nitrogens with zero attached hydrogens (tertiary/aromatic N) is 6. The average Bonchev–Trinajstić information content (AvgIpc) is 3.27. The first-order chi connectivity index (χ1) is 14.3. The third-order valence-electron chi connectivity index (χ3n) is 4.97. The fourth-order valence-corrected chi connectivity index (χ4v) is 3.43. The van der Waals surface area contributed by atoms with Crippen molar-refractivity contribution >= 4 is 17.7 Å². The number of aromatic nitrogens is 4. The molecule has 4 heterocycles. The molecule has 0 saturated carbocycles. The Hall–Kier alpha value is -3.62. The Morgan fingerprint density at radius 3 is 2.52 bits per heavy atom. The molecule has 0 aliphatic carbocycles. The highest BCUT2D eigenvalue weighted by Crippen LogP contribution is 2.32. The van der Waals surface area contributed by atoms with Gasteiger partial charge in [-0.15, -0.1) is 0 Å². The molecule has 2 aromatic heterocycles. The molecule has 1 aromatic carbocycles. The van der Waals surface area contributed by atoms with Crippen LogP contribution in [0.5, 0.6) is 11.5 Å². The van der Waals surface area contributed by atoms with Gasteiger partial charge in [-0.1, -0.05) is 6.07 Å². The monoisotopic (exact) mass is 391 g/mol. The first-order valence-corrected chi connectivity index (χ1v) is 9.57. The van der Waals surface area contributed by atoms with Crippen LogP contribution in [0.4, 0.5) is 17.7 Å². The van der Waals surface area contributed by atoms with Crippen molar-refractivity contribution in [2.45, 2.75) is 6.54 Å². The lowest BCUT2D eigenvalue weighted by molar-refractivity contribution is 0.174. The number of benzene rings is 1. The highest BCUT2D eigenvalue weighted by Gasteiger charge is 2.20. The van der Waals surface area contributed by atoms with Crippen molar-refractivity contribution in [2.75, 3.05) is 48.1 Å². The van der Waals surface area contributed by atoms with E-state index in [1.165, 1.54) is 0 Å². The van der Waals surface area contributed by atoms with Crippen LogP contribution in [0.3, 0.4) is 0 Å². The summed E-state index contributed by atoms with van der Waals surface area (Å²) in [6.45, 7) is 4.32. The van der Waals surface area contributed by atoms with Gasteiger partial charge in [-0.3, -0.25) is 0 Å². The van der Waals surface area contributed by atoms with E-state index >= 15 is 0 Å². The summed E-state index contributed by atoms with van der Waals surface area (Å²) in [6, 6.07) is 9.69. The van der Waals surface area contributed by atoms with E-state index < -0.39 is 0 Å². The average molecular weight is 391 g/mol. The van der Waals surface area contributed by atoms with E-state index in [2.05, 4.69) is 35.1 Å². The summed E-state index contributed by atoms with van der Waals surface area (Å²) in [5.74, 6) is 3.86. The maximum absolute atomic E-state index is 5.43. The van der Waals surface area contributed by atoms with Gasteiger partial charge in [-0.05, 0) is 29.8 Å². The minimum atomic E-state index is 0.279. The highest BCUT2D eigenvalue weighted by atomic mass is 16.7. The molecule has 0 spiro atoms. The Kier molecular flexibility index (Phi) is 4.69. The molecule has 9 heteroatoms. The molecular formula is C20H21N7O2.